The molecule has 0 bridgehead atoms. The fourth-order valence-corrected chi connectivity index (χ4v) is 15.2. The molecule has 0 N–H and O–H groups in total. The van der Waals surface area contributed by atoms with Gasteiger partial charge in [0.2, 0.25) is 0 Å². The van der Waals surface area contributed by atoms with E-state index in [-0.39, 0.29) is 0 Å². The number of hydrogen-bond acceptors (Lipinski definition) is 2. The summed E-state index contributed by atoms with van der Waals surface area (Å²) in [5.41, 5.74) is -2.14. The molecule has 0 amide bonds. The first-order valence-electron chi connectivity index (χ1n) is 12.6. The van der Waals surface area contributed by atoms with Crippen LogP contribution < -0.4 is 32.3 Å². The second-order valence-electron chi connectivity index (χ2n) is 9.10. The first-order chi connectivity index (χ1) is 19.1. The maximum atomic E-state index is 4.98. The van der Waals surface area contributed by atoms with Crippen LogP contribution in [0.3, 0.4) is 0 Å². The third kappa shape index (κ3) is 4.88. The van der Waals surface area contributed by atoms with Crippen molar-refractivity contribution in [3.8, 4) is 0 Å². The Hall–Kier alpha value is -2.80. The van der Waals surface area contributed by atoms with E-state index in [2.05, 4.69) is 173 Å². The quantitative estimate of drug-likeness (QED) is 0.184. The van der Waals surface area contributed by atoms with Gasteiger partial charge in [-0.25, -0.2) is 0 Å². The van der Waals surface area contributed by atoms with Gasteiger partial charge in [0.25, 0.3) is 0 Å². The Morgan fingerprint density at radius 1 is 0.462 bits per heavy atom. The number of rotatable bonds is 8. The molecule has 0 spiro atoms. The van der Waals surface area contributed by atoms with Crippen molar-refractivity contribution in [3.05, 3.63) is 146 Å². The van der Waals surface area contributed by atoms with Crippen LogP contribution in [0.1, 0.15) is 0 Å². The van der Waals surface area contributed by atoms with Gasteiger partial charge in [-0.15, -0.1) is 0 Å². The number of aromatic nitrogens is 4. The zero-order chi connectivity index (χ0) is 26.7. The molecule has 0 unspecified atom stereocenters. The Balaban J connectivity index is 1.49. The van der Waals surface area contributed by atoms with Crippen molar-refractivity contribution in [1.29, 1.82) is 0 Å². The molecule has 6 aromatic rings. The van der Waals surface area contributed by atoms with Gasteiger partial charge < -0.3 is 0 Å². The van der Waals surface area contributed by atoms with Gasteiger partial charge in [-0.3, -0.25) is 0 Å². The summed E-state index contributed by atoms with van der Waals surface area (Å²) in [5, 5.41) is 5.03. The summed E-state index contributed by atoms with van der Waals surface area (Å²) < 4.78 is 4.55. The van der Waals surface area contributed by atoms with Gasteiger partial charge in [-0.2, -0.15) is 0 Å². The van der Waals surface area contributed by atoms with Crippen molar-refractivity contribution in [2.75, 3.05) is 0 Å². The molecule has 0 fully saturated rings. The van der Waals surface area contributed by atoms with E-state index in [1.54, 1.807) is 0 Å². The van der Waals surface area contributed by atoms with E-state index in [1.165, 1.54) is 21.2 Å². The molecule has 4 aromatic carbocycles. The van der Waals surface area contributed by atoms with Crippen LogP contribution in [-0.4, -0.2) is 49.3 Å². The first kappa shape index (κ1) is 26.4. The van der Waals surface area contributed by atoms with Crippen molar-refractivity contribution >= 4 is 73.6 Å². The van der Waals surface area contributed by atoms with E-state index >= 15 is 0 Å². The Morgan fingerprint density at radius 3 is 1.03 bits per heavy atom. The Kier molecular flexibility index (Phi) is 7.70. The minimum atomic E-state index is -2.11. The molecule has 8 heteroatoms. The summed E-state index contributed by atoms with van der Waals surface area (Å²) in [6.45, 7) is 0.608. The Morgan fingerprint density at radius 2 is 0.744 bits per heavy atom. The average Bonchev–Trinajstić information content (AvgIpc) is 3.69. The van der Waals surface area contributed by atoms with Crippen LogP contribution >= 0.6 is 11.0 Å². The van der Waals surface area contributed by atoms with E-state index in [9.17, 15) is 0 Å². The third-order valence-corrected chi connectivity index (χ3v) is 20.1. The van der Waals surface area contributed by atoms with E-state index in [1.807, 2.05) is 12.4 Å². The fraction of sp³-hybridized carbons (Fsp3) is 0.0323. The topological polar surface area (TPSA) is 35.6 Å². The van der Waals surface area contributed by atoms with Crippen LogP contribution in [0.15, 0.2) is 146 Å². The van der Waals surface area contributed by atoms with Gasteiger partial charge in [-0.05, 0) is 0 Å². The monoisotopic (exact) mass is 676 g/mol. The third-order valence-electron chi connectivity index (χ3n) is 6.73. The number of hydrogen-bond donors (Lipinski definition) is 0. The van der Waals surface area contributed by atoms with Gasteiger partial charge in [-0.1, -0.05) is 0 Å². The van der Waals surface area contributed by atoms with Crippen LogP contribution in [0.2, 0.25) is 0 Å². The van der Waals surface area contributed by atoms with Crippen LogP contribution in [0.25, 0.3) is 0 Å². The molecule has 0 aliphatic rings. The minimum absolute atomic E-state index is 0.608. The molecule has 4 nitrogen and oxygen atoms in total. The first-order valence-corrected chi connectivity index (χ1v) is 20.6. The molecule has 0 aliphatic carbocycles. The summed E-state index contributed by atoms with van der Waals surface area (Å²) in [7, 11) is 0. The number of benzene rings is 4. The van der Waals surface area contributed by atoms with Crippen LogP contribution in [0.5, 0.6) is 0 Å². The van der Waals surface area contributed by atoms with Crippen molar-refractivity contribution in [2.24, 2.45) is 0 Å². The van der Waals surface area contributed by atoms with Gasteiger partial charge in [0.1, 0.15) is 0 Å². The van der Waals surface area contributed by atoms with E-state index < -0.39 is 11.0 Å². The maximum absolute atomic E-state index is 4.98. The van der Waals surface area contributed by atoms with E-state index in [0.29, 0.717) is 6.67 Å². The zero-order valence-electron chi connectivity index (χ0n) is 21.1. The van der Waals surface area contributed by atoms with E-state index in [0.717, 1.165) is 11.1 Å². The standard InChI is InChI=1S/C31H26N4P2Se2/c38-36(26-13-5-1-6-14-26,27-15-7-2-8-16-27)30-32-21-23-34(30)25-35-24-22-33-31(35)37(39,28-17-9-3-10-18-28)29-19-11-4-12-20-29/h1-24H,25H2. The van der Waals surface area contributed by atoms with Crippen molar-refractivity contribution in [1.82, 2.24) is 19.1 Å². The second-order valence-corrected chi connectivity index (χ2v) is 21.3. The predicted octanol–water partition coefficient (Wildman–Crippen LogP) is 3.34. The van der Waals surface area contributed by atoms with Crippen LogP contribution in [0.4, 0.5) is 0 Å². The molecule has 0 radical (unpaired) electrons. The molecule has 2 aromatic heterocycles. The molecule has 2 heterocycles. The van der Waals surface area contributed by atoms with Gasteiger partial charge in [0.05, 0.1) is 0 Å². The molecular weight excluding hydrogens is 648 g/mol. The number of imidazole rings is 2. The zero-order valence-corrected chi connectivity index (χ0v) is 26.3. The molecule has 0 aliphatic heterocycles. The summed E-state index contributed by atoms with van der Waals surface area (Å²) in [6.07, 6.45) is 8.00. The Labute approximate surface area is 244 Å². The molecule has 0 saturated heterocycles. The summed E-state index contributed by atoms with van der Waals surface area (Å²) in [6, 6.07) is 42.8. The second kappa shape index (κ2) is 11.4. The SMILES string of the molecule is [Se]=P(c1ccccc1)(c1ccccc1)c1nccn1Cn1ccnc1P(=[Se])(c1ccccc1)c1ccccc1. The van der Waals surface area contributed by atoms with Gasteiger partial charge in [0, 0.05) is 0 Å². The molecule has 6 rings (SSSR count). The summed E-state index contributed by atoms with van der Waals surface area (Å²) >= 11 is 7.29. The molecule has 192 valence electrons. The Bertz CT molecular complexity index is 1560. The summed E-state index contributed by atoms with van der Waals surface area (Å²) in [4.78, 5) is 9.96. The normalized spacial score (nSPS) is 11.9. The average molecular weight is 674 g/mol. The predicted molar refractivity (Wildman–Crippen MR) is 169 cm³/mol. The van der Waals surface area contributed by atoms with Crippen molar-refractivity contribution in [2.45, 2.75) is 6.67 Å². The molecule has 0 atom stereocenters. The van der Waals surface area contributed by atoms with Gasteiger partial charge >= 0.3 is 245 Å². The van der Waals surface area contributed by atoms with Gasteiger partial charge in [0.15, 0.2) is 0 Å². The summed E-state index contributed by atoms with van der Waals surface area (Å²) in [5.74, 6) is 0. The molecule has 39 heavy (non-hydrogen) atoms. The molecular formula is C31H26N4P2Se2. The van der Waals surface area contributed by atoms with Crippen molar-refractivity contribution < 1.29 is 0 Å². The van der Waals surface area contributed by atoms with Crippen LogP contribution in [-0.2, 0) is 6.67 Å². The molecule has 0 saturated carbocycles. The van der Waals surface area contributed by atoms with Crippen molar-refractivity contribution in [3.63, 3.8) is 0 Å². The van der Waals surface area contributed by atoms with Crippen LogP contribution in [0, 0.1) is 0 Å². The fourth-order valence-electron chi connectivity index (χ4n) is 4.86. The van der Waals surface area contributed by atoms with E-state index in [4.69, 9.17) is 9.97 Å². The number of nitrogens with zero attached hydrogens (tertiary/aromatic N) is 4.